The molecule has 0 amide bonds. The van der Waals surface area contributed by atoms with Crippen LogP contribution >= 0.6 is 0 Å². The van der Waals surface area contributed by atoms with Crippen LogP contribution in [0.4, 0.5) is 4.39 Å². The van der Waals surface area contributed by atoms with Crippen molar-refractivity contribution in [3.8, 4) is 11.3 Å². The highest BCUT2D eigenvalue weighted by atomic mass is 19.1. The quantitative estimate of drug-likeness (QED) is 0.173. The maximum absolute atomic E-state index is 13.1. The zero-order valence-corrected chi connectivity index (χ0v) is 27.2. The maximum Gasteiger partial charge on any atom is 0.334 e. The zero-order chi connectivity index (χ0) is 31.9. The van der Waals surface area contributed by atoms with Crippen molar-refractivity contribution >= 4 is 17.9 Å². The number of nitrogens with zero attached hydrogens (tertiary/aromatic N) is 3. The van der Waals surface area contributed by atoms with E-state index in [1.807, 2.05) is 25.4 Å². The topological polar surface area (TPSA) is 73.2 Å². The number of carbonyl (C=O) groups is 1. The van der Waals surface area contributed by atoms with Crippen molar-refractivity contribution in [2.45, 2.75) is 76.5 Å². The lowest BCUT2D eigenvalue weighted by Gasteiger charge is -2.32. The van der Waals surface area contributed by atoms with Crippen molar-refractivity contribution in [1.82, 2.24) is 9.88 Å². The van der Waals surface area contributed by atoms with Gasteiger partial charge in [-0.3, -0.25) is 14.4 Å². The number of hydrogen-bond donors (Lipinski definition) is 0. The lowest BCUT2D eigenvalue weighted by atomic mass is 9.86. The van der Waals surface area contributed by atoms with E-state index in [-0.39, 0.29) is 30.3 Å². The summed E-state index contributed by atoms with van der Waals surface area (Å²) < 4.78 is 30.0. The number of ether oxygens (including phenoxy) is 3. The molecule has 3 aliphatic heterocycles. The number of aromatic nitrogens is 1. The minimum Gasteiger partial charge on any atom is -0.454 e. The van der Waals surface area contributed by atoms with E-state index in [4.69, 9.17) is 19.2 Å². The van der Waals surface area contributed by atoms with E-state index in [2.05, 4.69) is 52.4 Å². The predicted molar refractivity (Wildman–Crippen MR) is 179 cm³/mol. The number of esters is 1. The van der Waals surface area contributed by atoms with Gasteiger partial charge in [-0.1, -0.05) is 42.8 Å². The van der Waals surface area contributed by atoms with Crippen LogP contribution in [-0.4, -0.2) is 68.3 Å². The molecule has 1 aliphatic carbocycles. The third kappa shape index (κ3) is 7.34. The Kier molecular flexibility index (Phi) is 10.4. The van der Waals surface area contributed by atoms with E-state index in [1.54, 1.807) is 7.11 Å². The number of hydrogen-bond acceptors (Lipinski definition) is 7. The third-order valence-electron chi connectivity index (χ3n) is 9.80. The molecule has 1 aromatic heterocycles. The normalized spacial score (nSPS) is 25.1. The fraction of sp³-hybridized carbons (Fsp3) is 0.500. The molecule has 0 bridgehead atoms. The highest BCUT2D eigenvalue weighted by molar-refractivity contribution is 5.89. The van der Waals surface area contributed by atoms with Crippen LogP contribution in [-0.2, 0) is 31.2 Å². The Hall–Kier alpha value is -3.62. The number of aliphatic imine (C=N–C) groups is 1. The molecular weight excluding hydrogens is 581 g/mol. The summed E-state index contributed by atoms with van der Waals surface area (Å²) in [5.41, 5.74) is 8.33. The minimum atomic E-state index is -0.386. The number of fused-ring (bicyclic) bond motifs is 1. The van der Waals surface area contributed by atoms with Crippen molar-refractivity contribution in [3.63, 3.8) is 0 Å². The summed E-state index contributed by atoms with van der Waals surface area (Å²) in [6.07, 6.45) is 17.1. The van der Waals surface area contributed by atoms with Gasteiger partial charge in [-0.25, -0.2) is 4.79 Å². The fourth-order valence-electron chi connectivity index (χ4n) is 7.03. The monoisotopic (exact) mass is 627 g/mol. The lowest BCUT2D eigenvalue weighted by molar-refractivity contribution is -0.167. The Morgan fingerprint density at radius 2 is 2.04 bits per heavy atom. The molecule has 1 saturated heterocycles. The molecule has 0 N–H and O–H groups in total. The van der Waals surface area contributed by atoms with E-state index < -0.39 is 0 Å². The second-order valence-corrected chi connectivity index (χ2v) is 13.0. The molecule has 2 fully saturated rings. The second-order valence-electron chi connectivity index (χ2n) is 13.0. The molecule has 4 heterocycles. The average Bonchev–Trinajstić information content (AvgIpc) is 3.39. The van der Waals surface area contributed by atoms with Gasteiger partial charge in [0.2, 0.25) is 0 Å². The molecule has 2 aromatic rings. The van der Waals surface area contributed by atoms with Gasteiger partial charge < -0.3 is 19.1 Å². The van der Waals surface area contributed by atoms with Crippen LogP contribution in [0, 0.1) is 5.92 Å². The van der Waals surface area contributed by atoms with Crippen LogP contribution in [0.3, 0.4) is 0 Å². The van der Waals surface area contributed by atoms with Gasteiger partial charge in [0.05, 0.1) is 37.7 Å². The number of benzene rings is 1. The lowest BCUT2D eigenvalue weighted by Crippen LogP contribution is -2.38. The summed E-state index contributed by atoms with van der Waals surface area (Å²) in [6, 6.07) is 10.8. The van der Waals surface area contributed by atoms with Gasteiger partial charge >= 0.3 is 5.97 Å². The summed E-state index contributed by atoms with van der Waals surface area (Å²) in [4.78, 5) is 24.6. The first kappa shape index (κ1) is 32.3. The number of rotatable bonds is 8. The fourth-order valence-corrected chi connectivity index (χ4v) is 7.03. The summed E-state index contributed by atoms with van der Waals surface area (Å²) in [5.74, 6) is -0.234. The van der Waals surface area contributed by atoms with Gasteiger partial charge in [-0.2, -0.15) is 0 Å². The average molecular weight is 628 g/mol. The molecule has 1 saturated carbocycles. The molecule has 6 rings (SSSR count). The first-order valence-electron chi connectivity index (χ1n) is 16.8. The standard InChI is InChI=1S/C38H46FN3O4/c1-27(22-39)20-28-6-3-15-38(44-2,16-13-28)32-11-12-35(41-24-32)30-9-10-31-23-40-17-14-36(34(31)21-30)42-18-4-7-29(8-5-19-42)37(43)46-33-25-45-26-33/h7,9-12,14,17,20-21,24,27,33H,3-6,8,13,15-16,18-19,22-23,25-26H2,1-2H3/b28-20-,29-7-. The van der Waals surface area contributed by atoms with E-state index in [0.717, 1.165) is 86.1 Å². The first-order chi connectivity index (χ1) is 22.5. The van der Waals surface area contributed by atoms with Crippen LogP contribution in [0.1, 0.15) is 75.0 Å². The number of pyridine rings is 1. The smallest absolute Gasteiger partial charge is 0.334 e. The van der Waals surface area contributed by atoms with Gasteiger partial charge in [0.15, 0.2) is 0 Å². The van der Waals surface area contributed by atoms with Crippen LogP contribution in [0.2, 0.25) is 0 Å². The Labute approximate surface area is 272 Å². The predicted octanol–water partition coefficient (Wildman–Crippen LogP) is 7.37. The van der Waals surface area contributed by atoms with Gasteiger partial charge in [0, 0.05) is 66.5 Å². The number of halogens is 1. The van der Waals surface area contributed by atoms with Crippen LogP contribution < -0.4 is 0 Å². The molecule has 0 radical (unpaired) electrons. The Morgan fingerprint density at radius 3 is 2.80 bits per heavy atom. The van der Waals surface area contributed by atoms with Crippen LogP contribution in [0.25, 0.3) is 17.0 Å². The Bertz CT molecular complexity index is 1510. The molecule has 46 heavy (non-hydrogen) atoms. The highest BCUT2D eigenvalue weighted by Crippen LogP contribution is 2.41. The molecule has 2 atom stereocenters. The van der Waals surface area contributed by atoms with E-state index in [9.17, 15) is 9.18 Å². The Balaban J connectivity index is 1.18. The van der Waals surface area contributed by atoms with Gasteiger partial charge in [0.25, 0.3) is 0 Å². The second kappa shape index (κ2) is 14.9. The van der Waals surface area contributed by atoms with Gasteiger partial charge in [-0.15, -0.1) is 0 Å². The van der Waals surface area contributed by atoms with Gasteiger partial charge in [-0.05, 0) is 75.1 Å². The maximum atomic E-state index is 13.1. The van der Waals surface area contributed by atoms with Crippen molar-refractivity contribution in [2.75, 3.05) is 40.1 Å². The summed E-state index contributed by atoms with van der Waals surface area (Å²) >= 11 is 0. The van der Waals surface area contributed by atoms with Gasteiger partial charge in [0.1, 0.15) is 6.10 Å². The number of carbonyl (C=O) groups excluding carboxylic acids is 1. The molecule has 8 heteroatoms. The van der Waals surface area contributed by atoms with Crippen LogP contribution in [0.15, 0.2) is 70.9 Å². The van der Waals surface area contributed by atoms with Crippen molar-refractivity contribution in [1.29, 1.82) is 0 Å². The molecule has 1 aromatic carbocycles. The number of allylic oxidation sites excluding steroid dienone is 3. The van der Waals surface area contributed by atoms with Crippen molar-refractivity contribution in [3.05, 3.63) is 82.6 Å². The first-order valence-corrected chi connectivity index (χ1v) is 16.8. The van der Waals surface area contributed by atoms with E-state index >= 15 is 0 Å². The molecular formula is C38H46FN3O4. The summed E-state index contributed by atoms with van der Waals surface area (Å²) in [6.45, 7) is 4.90. The SMILES string of the molecule is COC1(c2ccc(-c3ccc4c(c3)C(N3CC/C=C(\C(=O)OC5COC5)CCC3)=CC=NC4)nc2)CCC/C(=C/C(C)CF)CC1. The third-order valence-corrected chi connectivity index (χ3v) is 9.80. The number of alkyl halides is 1. The van der Waals surface area contributed by atoms with Crippen LogP contribution in [0.5, 0.6) is 0 Å². The van der Waals surface area contributed by atoms with Crippen molar-refractivity contribution in [2.24, 2.45) is 10.9 Å². The number of methoxy groups -OCH3 is 1. The molecule has 2 unspecified atom stereocenters. The van der Waals surface area contributed by atoms with Crippen molar-refractivity contribution < 1.29 is 23.4 Å². The molecule has 7 nitrogen and oxygen atoms in total. The molecule has 0 spiro atoms. The summed E-state index contributed by atoms with van der Waals surface area (Å²) in [7, 11) is 1.80. The van der Waals surface area contributed by atoms with E-state index in [1.165, 1.54) is 16.7 Å². The molecule has 4 aliphatic rings. The largest absolute Gasteiger partial charge is 0.454 e. The minimum absolute atomic E-state index is 0.0364. The summed E-state index contributed by atoms with van der Waals surface area (Å²) in [5, 5.41) is 0. The zero-order valence-electron chi connectivity index (χ0n) is 27.2. The molecule has 244 valence electrons. The van der Waals surface area contributed by atoms with E-state index in [0.29, 0.717) is 26.2 Å². The highest BCUT2D eigenvalue weighted by Gasteiger charge is 2.34. The Morgan fingerprint density at radius 1 is 1.15 bits per heavy atom.